The first-order valence-electron chi connectivity index (χ1n) is 8.64. The number of hydrogen-bond acceptors (Lipinski definition) is 7. The van der Waals surface area contributed by atoms with Crippen LogP contribution in [-0.4, -0.2) is 35.9 Å². The van der Waals surface area contributed by atoms with E-state index in [1.54, 1.807) is 12.1 Å². The number of carboxylic acid groups (broad SMARTS) is 1. The summed E-state index contributed by atoms with van der Waals surface area (Å²) in [4.78, 5) is 23.0. The minimum Gasteiger partial charge on any atom is -0.465 e. The second-order valence-corrected chi connectivity index (χ2v) is 6.33. The van der Waals surface area contributed by atoms with Crippen LogP contribution in [0.1, 0.15) is 11.3 Å². The third-order valence-electron chi connectivity index (χ3n) is 4.37. The van der Waals surface area contributed by atoms with Crippen molar-refractivity contribution in [3.05, 3.63) is 59.2 Å². The van der Waals surface area contributed by atoms with Crippen molar-refractivity contribution < 1.29 is 23.1 Å². The number of nitrogens with zero attached hydrogens (tertiary/aromatic N) is 5. The van der Waals surface area contributed by atoms with E-state index in [2.05, 4.69) is 20.1 Å². The van der Waals surface area contributed by atoms with E-state index in [9.17, 15) is 18.0 Å². The number of pyridine rings is 1. The van der Waals surface area contributed by atoms with Gasteiger partial charge in [0.25, 0.3) is 5.95 Å². The van der Waals surface area contributed by atoms with Gasteiger partial charge in [0.15, 0.2) is 23.3 Å². The number of nitrogens with one attached hydrogen (secondary N) is 1. The Morgan fingerprint density at radius 3 is 2.45 bits per heavy atom. The minimum atomic E-state index is -1.41. The van der Waals surface area contributed by atoms with Crippen LogP contribution in [-0.2, 0) is 6.42 Å². The van der Waals surface area contributed by atoms with Crippen LogP contribution in [0.3, 0.4) is 0 Å². The van der Waals surface area contributed by atoms with Gasteiger partial charge < -0.3 is 16.6 Å². The van der Waals surface area contributed by atoms with Gasteiger partial charge in [-0.3, -0.25) is 10.3 Å². The van der Waals surface area contributed by atoms with E-state index in [0.29, 0.717) is 11.6 Å². The third kappa shape index (κ3) is 3.52. The van der Waals surface area contributed by atoms with E-state index < -0.39 is 35.5 Å². The molecule has 4 aromatic rings. The number of anilines is 3. The van der Waals surface area contributed by atoms with Crippen molar-refractivity contribution in [3.63, 3.8) is 0 Å². The zero-order chi connectivity index (χ0) is 22.3. The van der Waals surface area contributed by atoms with E-state index in [1.807, 2.05) is 5.32 Å². The standard InChI is InChI=1S/C18H13F3N8O2/c19-8-3-4-9(20)12(21)7(8)6-10-13-11(2-1-5-24-13)29(28-10)17-26-15(22)14(16(23)27-17)25-18(30)31/h1-5,25H,6H2,(H,30,31)(H4,22,23,26,27). The molecule has 1 amide bonds. The molecule has 0 bridgehead atoms. The molecule has 13 heteroatoms. The fourth-order valence-electron chi connectivity index (χ4n) is 3.00. The van der Waals surface area contributed by atoms with Gasteiger partial charge in [0.1, 0.15) is 17.0 Å². The van der Waals surface area contributed by atoms with Crippen LogP contribution in [0.25, 0.3) is 17.0 Å². The van der Waals surface area contributed by atoms with Crippen LogP contribution in [0.2, 0.25) is 0 Å². The van der Waals surface area contributed by atoms with Crippen LogP contribution in [0.15, 0.2) is 30.5 Å². The minimum absolute atomic E-state index is 0.118. The maximum absolute atomic E-state index is 14.1. The fourth-order valence-corrected chi connectivity index (χ4v) is 3.00. The Morgan fingerprint density at radius 2 is 1.77 bits per heavy atom. The van der Waals surface area contributed by atoms with Crippen molar-refractivity contribution in [1.29, 1.82) is 0 Å². The van der Waals surface area contributed by atoms with Gasteiger partial charge in [-0.2, -0.15) is 19.7 Å². The molecule has 0 aliphatic rings. The SMILES string of the molecule is Nc1nc(-n2nc(Cc3c(F)ccc(F)c3F)c3ncccc32)nc(N)c1NC(=O)O. The summed E-state index contributed by atoms with van der Waals surface area (Å²) >= 11 is 0. The van der Waals surface area contributed by atoms with E-state index in [0.717, 1.165) is 6.07 Å². The lowest BCUT2D eigenvalue weighted by Gasteiger charge is -2.09. The van der Waals surface area contributed by atoms with E-state index in [1.165, 1.54) is 10.9 Å². The molecule has 0 spiro atoms. The number of benzene rings is 1. The molecule has 0 aliphatic heterocycles. The van der Waals surface area contributed by atoms with E-state index in [-0.39, 0.29) is 34.5 Å². The number of nitrogen functional groups attached to an aromatic ring is 2. The molecule has 0 saturated carbocycles. The lowest BCUT2D eigenvalue weighted by atomic mass is 10.1. The van der Waals surface area contributed by atoms with Crippen molar-refractivity contribution >= 4 is 34.4 Å². The summed E-state index contributed by atoms with van der Waals surface area (Å²) in [6, 6.07) is 4.69. The highest BCUT2D eigenvalue weighted by molar-refractivity contribution is 5.91. The van der Waals surface area contributed by atoms with Crippen LogP contribution >= 0.6 is 0 Å². The molecule has 0 fully saturated rings. The quantitative estimate of drug-likeness (QED) is 0.360. The molecule has 0 unspecified atom stereocenters. The lowest BCUT2D eigenvalue weighted by molar-refractivity contribution is 0.209. The summed E-state index contributed by atoms with van der Waals surface area (Å²) in [6.07, 6.45) is -0.371. The summed E-state index contributed by atoms with van der Waals surface area (Å²) in [5, 5.41) is 15.1. The molecule has 0 saturated heterocycles. The lowest BCUT2D eigenvalue weighted by Crippen LogP contribution is -2.16. The molecule has 1 aromatic carbocycles. The van der Waals surface area contributed by atoms with Gasteiger partial charge in [0.2, 0.25) is 0 Å². The Bertz CT molecular complexity index is 1320. The maximum Gasteiger partial charge on any atom is 0.409 e. The summed E-state index contributed by atoms with van der Waals surface area (Å²) in [5.41, 5.74) is 11.6. The van der Waals surface area contributed by atoms with E-state index >= 15 is 0 Å². The number of fused-ring (bicyclic) bond motifs is 1. The Hall–Kier alpha value is -4.42. The molecule has 0 atom stereocenters. The first-order chi connectivity index (χ1) is 14.8. The van der Waals surface area contributed by atoms with E-state index in [4.69, 9.17) is 16.6 Å². The first-order valence-corrected chi connectivity index (χ1v) is 8.64. The average Bonchev–Trinajstić information content (AvgIpc) is 3.09. The van der Waals surface area contributed by atoms with Gasteiger partial charge in [-0.15, -0.1) is 0 Å². The molecular weight excluding hydrogens is 417 g/mol. The molecule has 4 rings (SSSR count). The number of amides is 1. The molecule has 6 N–H and O–H groups in total. The molecule has 0 radical (unpaired) electrons. The highest BCUT2D eigenvalue weighted by Crippen LogP contribution is 2.27. The van der Waals surface area contributed by atoms with Crippen molar-refractivity contribution in [2.24, 2.45) is 0 Å². The smallest absolute Gasteiger partial charge is 0.409 e. The van der Waals surface area contributed by atoms with Crippen molar-refractivity contribution in [1.82, 2.24) is 24.7 Å². The Kier molecular flexibility index (Phi) is 4.77. The van der Waals surface area contributed by atoms with Crippen LogP contribution in [0.5, 0.6) is 0 Å². The van der Waals surface area contributed by atoms with Gasteiger partial charge in [-0.25, -0.2) is 18.0 Å². The summed E-state index contributed by atoms with van der Waals surface area (Å²) < 4.78 is 43.0. The number of aromatic nitrogens is 5. The molecular formula is C18H13F3N8O2. The summed E-state index contributed by atoms with van der Waals surface area (Å²) in [5.74, 6) is -4.12. The highest BCUT2D eigenvalue weighted by Gasteiger charge is 2.21. The van der Waals surface area contributed by atoms with Crippen molar-refractivity contribution in [2.75, 3.05) is 16.8 Å². The van der Waals surface area contributed by atoms with Gasteiger partial charge in [-0.05, 0) is 24.3 Å². The number of rotatable bonds is 4. The molecule has 3 heterocycles. The highest BCUT2D eigenvalue weighted by atomic mass is 19.2. The normalized spacial score (nSPS) is 11.1. The molecule has 3 aromatic heterocycles. The maximum atomic E-state index is 14.1. The van der Waals surface area contributed by atoms with Crippen LogP contribution < -0.4 is 16.8 Å². The number of nitrogens with two attached hydrogens (primary N) is 2. The zero-order valence-corrected chi connectivity index (χ0v) is 15.5. The van der Waals surface area contributed by atoms with Crippen molar-refractivity contribution in [2.45, 2.75) is 6.42 Å². The molecule has 158 valence electrons. The third-order valence-corrected chi connectivity index (χ3v) is 4.37. The molecule has 31 heavy (non-hydrogen) atoms. The Balaban J connectivity index is 1.85. The Morgan fingerprint density at radius 1 is 1.10 bits per heavy atom. The van der Waals surface area contributed by atoms with Gasteiger partial charge in [0.05, 0.1) is 11.2 Å². The second-order valence-electron chi connectivity index (χ2n) is 6.33. The zero-order valence-electron chi connectivity index (χ0n) is 15.5. The summed E-state index contributed by atoms with van der Waals surface area (Å²) in [6.45, 7) is 0. The average molecular weight is 430 g/mol. The largest absolute Gasteiger partial charge is 0.465 e. The van der Waals surface area contributed by atoms with Crippen molar-refractivity contribution in [3.8, 4) is 5.95 Å². The second kappa shape index (κ2) is 7.44. The summed E-state index contributed by atoms with van der Waals surface area (Å²) in [7, 11) is 0. The number of halogens is 3. The predicted molar refractivity (Wildman–Crippen MR) is 104 cm³/mol. The van der Waals surface area contributed by atoms with Gasteiger partial charge in [-0.1, -0.05) is 0 Å². The van der Waals surface area contributed by atoms with Gasteiger partial charge in [0, 0.05) is 18.2 Å². The Labute approximate surface area is 171 Å². The predicted octanol–water partition coefficient (Wildman–Crippen LogP) is 2.47. The topological polar surface area (TPSA) is 158 Å². The monoisotopic (exact) mass is 430 g/mol. The first kappa shape index (κ1) is 19.9. The van der Waals surface area contributed by atoms with Crippen LogP contribution in [0.4, 0.5) is 35.3 Å². The number of hydrogen-bond donors (Lipinski definition) is 4. The van der Waals surface area contributed by atoms with Crippen LogP contribution in [0, 0.1) is 17.5 Å². The molecule has 10 nitrogen and oxygen atoms in total. The fraction of sp³-hybridized carbons (Fsp3) is 0.0556. The van der Waals surface area contributed by atoms with Gasteiger partial charge >= 0.3 is 6.09 Å². The molecule has 0 aliphatic carbocycles. The number of carbonyl (C=O) groups is 1.